The lowest BCUT2D eigenvalue weighted by molar-refractivity contribution is -0.115. The van der Waals surface area contributed by atoms with Crippen molar-refractivity contribution < 1.29 is 4.79 Å². The molecule has 2 heterocycles. The number of nitrogens with one attached hydrogen (secondary N) is 2. The van der Waals surface area contributed by atoms with Gasteiger partial charge in [-0.15, -0.1) is 10.2 Å². The van der Waals surface area contributed by atoms with Crippen molar-refractivity contribution in [2.24, 2.45) is 0 Å². The van der Waals surface area contributed by atoms with Crippen LogP contribution in [0.25, 0.3) is 22.3 Å². The molecule has 2 aromatic carbocycles. The predicted molar refractivity (Wildman–Crippen MR) is 121 cm³/mol. The van der Waals surface area contributed by atoms with Gasteiger partial charge >= 0.3 is 0 Å². The Balaban J connectivity index is 1.40. The number of para-hydroxylation sites is 1. The number of hydrogen-bond donors (Lipinski definition) is 2. The molecule has 6 nitrogen and oxygen atoms in total. The zero-order chi connectivity index (χ0) is 20.7. The minimum atomic E-state index is -0.288. The van der Waals surface area contributed by atoms with E-state index in [0.29, 0.717) is 6.04 Å². The third-order valence-electron chi connectivity index (χ3n) is 5.38. The molecule has 0 aliphatic heterocycles. The fraction of sp³-hybridized carbons (Fsp3) is 0.261. The molecule has 1 saturated carbocycles. The predicted octanol–water partition coefficient (Wildman–Crippen LogP) is 5.19. The molecule has 0 spiro atoms. The van der Waals surface area contributed by atoms with Gasteiger partial charge in [0.05, 0.1) is 5.25 Å². The number of carbonyl (C=O) groups is 1. The van der Waals surface area contributed by atoms with Crippen LogP contribution in [0.1, 0.15) is 31.4 Å². The molecule has 0 bridgehead atoms. The quantitative estimate of drug-likeness (QED) is 0.423. The second kappa shape index (κ2) is 7.65. The topological polar surface area (TPSA) is 75.6 Å². The molecular weight excluding hydrogens is 394 g/mol. The lowest BCUT2D eigenvalue weighted by Crippen LogP contribution is -2.22. The number of nitrogens with zero attached hydrogens (tertiary/aromatic N) is 3. The van der Waals surface area contributed by atoms with Crippen molar-refractivity contribution in [3.63, 3.8) is 0 Å². The van der Waals surface area contributed by atoms with Gasteiger partial charge in [0.15, 0.2) is 11.0 Å². The third-order valence-corrected chi connectivity index (χ3v) is 6.43. The summed E-state index contributed by atoms with van der Waals surface area (Å²) in [5.41, 5.74) is 4.10. The number of aryl methyl sites for hydroxylation is 1. The van der Waals surface area contributed by atoms with E-state index in [2.05, 4.69) is 37.2 Å². The van der Waals surface area contributed by atoms with Crippen molar-refractivity contribution in [3.8, 4) is 11.4 Å². The first kappa shape index (κ1) is 18.9. The van der Waals surface area contributed by atoms with E-state index in [9.17, 15) is 4.79 Å². The van der Waals surface area contributed by atoms with Gasteiger partial charge in [0.1, 0.15) is 0 Å². The molecule has 30 heavy (non-hydrogen) atoms. The van der Waals surface area contributed by atoms with Crippen molar-refractivity contribution in [1.29, 1.82) is 0 Å². The molecule has 1 amide bonds. The molecule has 2 aromatic heterocycles. The fourth-order valence-electron chi connectivity index (χ4n) is 3.55. The Morgan fingerprint density at radius 1 is 1.17 bits per heavy atom. The van der Waals surface area contributed by atoms with Crippen LogP contribution in [0.15, 0.2) is 59.9 Å². The number of rotatable bonds is 6. The largest absolute Gasteiger partial charge is 0.360 e. The van der Waals surface area contributed by atoms with Crippen LogP contribution in [0.3, 0.4) is 0 Å². The normalized spacial score (nSPS) is 14.7. The van der Waals surface area contributed by atoms with E-state index in [1.807, 2.05) is 56.4 Å². The Morgan fingerprint density at radius 3 is 2.70 bits per heavy atom. The Bertz CT molecular complexity index is 1210. The molecule has 2 N–H and O–H groups in total. The van der Waals surface area contributed by atoms with E-state index in [-0.39, 0.29) is 11.2 Å². The molecule has 4 aromatic rings. The second-order valence-corrected chi connectivity index (χ2v) is 9.08. The van der Waals surface area contributed by atoms with Crippen LogP contribution >= 0.6 is 11.8 Å². The maximum Gasteiger partial charge on any atom is 0.237 e. The average molecular weight is 418 g/mol. The second-order valence-electron chi connectivity index (χ2n) is 7.77. The van der Waals surface area contributed by atoms with Crippen molar-refractivity contribution in [3.05, 3.63) is 60.3 Å². The Labute approximate surface area is 179 Å². The van der Waals surface area contributed by atoms with E-state index in [1.54, 1.807) is 0 Å². The zero-order valence-electron chi connectivity index (χ0n) is 16.9. The van der Waals surface area contributed by atoms with Gasteiger partial charge < -0.3 is 10.3 Å². The highest BCUT2D eigenvalue weighted by Gasteiger charge is 2.32. The molecule has 5 rings (SSSR count). The van der Waals surface area contributed by atoms with E-state index in [4.69, 9.17) is 0 Å². The van der Waals surface area contributed by atoms with Crippen molar-refractivity contribution in [2.75, 3.05) is 5.32 Å². The summed E-state index contributed by atoms with van der Waals surface area (Å²) in [5, 5.41) is 13.6. The molecular formula is C23H23N5OS. The number of carbonyl (C=O) groups excluding carboxylic acids is 1. The lowest BCUT2D eigenvalue weighted by atomic mass is 10.1. The summed E-state index contributed by atoms with van der Waals surface area (Å²) in [6.45, 7) is 3.94. The maximum atomic E-state index is 12.7. The van der Waals surface area contributed by atoms with Crippen LogP contribution < -0.4 is 5.32 Å². The first-order valence-corrected chi connectivity index (χ1v) is 11.0. The van der Waals surface area contributed by atoms with Crippen LogP contribution in [0, 0.1) is 6.92 Å². The molecule has 1 aliphatic carbocycles. The minimum absolute atomic E-state index is 0.0390. The number of aromatic amines is 1. The SMILES string of the molecule is Cc1ccc(NC(=O)[C@@H](C)Sc2nnc(-c3c[nH]c4ccccc34)n2C2CC2)cc1. The van der Waals surface area contributed by atoms with Crippen LogP contribution in [0.4, 0.5) is 5.69 Å². The monoisotopic (exact) mass is 417 g/mol. The summed E-state index contributed by atoms with van der Waals surface area (Å²) in [6.07, 6.45) is 4.23. The molecule has 0 saturated heterocycles. The first-order chi connectivity index (χ1) is 14.6. The number of amides is 1. The highest BCUT2D eigenvalue weighted by atomic mass is 32.2. The number of H-pyrrole nitrogens is 1. The average Bonchev–Trinajstić information content (AvgIpc) is 3.37. The van der Waals surface area contributed by atoms with E-state index < -0.39 is 0 Å². The minimum Gasteiger partial charge on any atom is -0.360 e. The molecule has 1 atom stereocenters. The number of aromatic nitrogens is 4. The Morgan fingerprint density at radius 2 is 1.93 bits per heavy atom. The highest BCUT2D eigenvalue weighted by Crippen LogP contribution is 2.42. The van der Waals surface area contributed by atoms with Gasteiger partial charge in [-0.2, -0.15) is 0 Å². The molecule has 0 unspecified atom stereocenters. The summed E-state index contributed by atoms with van der Waals surface area (Å²) in [7, 11) is 0. The zero-order valence-corrected chi connectivity index (χ0v) is 17.7. The van der Waals surface area contributed by atoms with Crippen molar-refractivity contribution in [1.82, 2.24) is 19.7 Å². The number of hydrogen-bond acceptors (Lipinski definition) is 4. The smallest absolute Gasteiger partial charge is 0.237 e. The Hall–Kier alpha value is -3.06. The Kier molecular flexibility index (Phi) is 4.83. The molecule has 7 heteroatoms. The molecule has 0 radical (unpaired) electrons. The number of anilines is 1. The lowest BCUT2D eigenvalue weighted by Gasteiger charge is -2.13. The molecule has 152 valence electrons. The van der Waals surface area contributed by atoms with Gasteiger partial charge in [0.2, 0.25) is 5.91 Å². The fourth-order valence-corrected chi connectivity index (χ4v) is 4.47. The molecule has 1 fully saturated rings. The van der Waals surface area contributed by atoms with Crippen LogP contribution in [0.2, 0.25) is 0 Å². The summed E-state index contributed by atoms with van der Waals surface area (Å²) in [5.74, 6) is 0.825. The van der Waals surface area contributed by atoms with Crippen LogP contribution in [-0.2, 0) is 4.79 Å². The molecule has 1 aliphatic rings. The van der Waals surface area contributed by atoms with Crippen molar-refractivity contribution in [2.45, 2.75) is 43.1 Å². The number of fused-ring (bicyclic) bond motifs is 1. The van der Waals surface area contributed by atoms with Gasteiger partial charge in [0, 0.05) is 34.4 Å². The van der Waals surface area contributed by atoms with E-state index in [1.165, 1.54) is 11.8 Å². The maximum absolute atomic E-state index is 12.7. The highest BCUT2D eigenvalue weighted by molar-refractivity contribution is 8.00. The summed E-state index contributed by atoms with van der Waals surface area (Å²) in [4.78, 5) is 16.0. The standard InChI is InChI=1S/C23H23N5OS/c1-14-7-9-16(10-8-14)25-22(29)15(2)30-23-27-26-21(28(23)17-11-12-17)19-13-24-20-6-4-3-5-18(19)20/h3-10,13,15,17,24H,11-12H2,1-2H3,(H,25,29)/t15-/m1/s1. The van der Waals surface area contributed by atoms with Gasteiger partial charge in [0.25, 0.3) is 0 Å². The number of thioether (sulfide) groups is 1. The van der Waals surface area contributed by atoms with Crippen LogP contribution in [-0.4, -0.2) is 30.9 Å². The summed E-state index contributed by atoms with van der Waals surface area (Å²) in [6, 6.07) is 16.4. The van der Waals surface area contributed by atoms with Gasteiger partial charge in [-0.05, 0) is 44.9 Å². The summed E-state index contributed by atoms with van der Waals surface area (Å²) < 4.78 is 2.20. The number of benzene rings is 2. The van der Waals surface area contributed by atoms with Gasteiger partial charge in [-0.3, -0.25) is 9.36 Å². The van der Waals surface area contributed by atoms with E-state index >= 15 is 0 Å². The van der Waals surface area contributed by atoms with E-state index in [0.717, 1.165) is 51.5 Å². The third kappa shape index (κ3) is 3.61. The summed E-state index contributed by atoms with van der Waals surface area (Å²) >= 11 is 1.46. The first-order valence-electron chi connectivity index (χ1n) is 10.2. The van der Waals surface area contributed by atoms with Crippen molar-refractivity contribution >= 4 is 34.3 Å². The van der Waals surface area contributed by atoms with Gasteiger partial charge in [-0.25, -0.2) is 0 Å². The van der Waals surface area contributed by atoms with Crippen LogP contribution in [0.5, 0.6) is 0 Å². The van der Waals surface area contributed by atoms with Gasteiger partial charge in [-0.1, -0.05) is 47.7 Å².